The molecule has 0 N–H and O–H groups in total. The molecule has 1 amide bonds. The van der Waals surface area contributed by atoms with E-state index in [1.165, 1.54) is 0 Å². The van der Waals surface area contributed by atoms with Crippen molar-refractivity contribution < 1.29 is 4.79 Å². The lowest BCUT2D eigenvalue weighted by Gasteiger charge is -2.16. The van der Waals surface area contributed by atoms with Gasteiger partial charge in [0, 0.05) is 18.8 Å². The summed E-state index contributed by atoms with van der Waals surface area (Å²) in [6.45, 7) is 6.16. The Kier molecular flexibility index (Phi) is 4.29. The molecular weight excluding hydrogens is 198 g/mol. The van der Waals surface area contributed by atoms with E-state index in [0.29, 0.717) is 5.92 Å². The summed E-state index contributed by atoms with van der Waals surface area (Å²) in [5.74, 6) is 0.436. The molecule has 0 aliphatic rings. The van der Waals surface area contributed by atoms with Crippen LogP contribution >= 0.6 is 0 Å². The Balaban J connectivity index is 2.80. The normalized spacial score (nSPS) is 11.7. The van der Waals surface area contributed by atoms with Gasteiger partial charge in [-0.2, -0.15) is 0 Å². The van der Waals surface area contributed by atoms with Gasteiger partial charge in [0.05, 0.1) is 0 Å². The van der Waals surface area contributed by atoms with E-state index < -0.39 is 0 Å². The van der Waals surface area contributed by atoms with Gasteiger partial charge in [-0.25, -0.2) is 0 Å². The number of hydrogen-bond acceptors (Lipinski definition) is 1. The van der Waals surface area contributed by atoms with Gasteiger partial charge in [0.15, 0.2) is 0 Å². The fourth-order valence-corrected chi connectivity index (χ4v) is 1.24. The van der Waals surface area contributed by atoms with Crippen molar-refractivity contribution in [3.63, 3.8) is 0 Å². The first-order valence-electron chi connectivity index (χ1n) is 5.53. The van der Waals surface area contributed by atoms with Crippen LogP contribution < -0.4 is 4.90 Å². The zero-order valence-electron chi connectivity index (χ0n) is 10.4. The zero-order valence-corrected chi connectivity index (χ0v) is 10.4. The van der Waals surface area contributed by atoms with Crippen LogP contribution in [0.25, 0.3) is 0 Å². The van der Waals surface area contributed by atoms with Crippen molar-refractivity contribution in [1.82, 2.24) is 0 Å². The van der Waals surface area contributed by atoms with Gasteiger partial charge in [0.25, 0.3) is 5.91 Å². The summed E-state index contributed by atoms with van der Waals surface area (Å²) >= 11 is 0. The fraction of sp³-hybridized carbons (Fsp3) is 0.357. The SMILES string of the molecule is C/C(=C\C(=O)N(C)c1ccccc1)C(C)C. The number of anilines is 1. The number of amides is 1. The van der Waals surface area contributed by atoms with E-state index in [2.05, 4.69) is 13.8 Å². The predicted molar refractivity (Wildman–Crippen MR) is 68.4 cm³/mol. The van der Waals surface area contributed by atoms with Crippen LogP contribution in [0.4, 0.5) is 5.69 Å². The van der Waals surface area contributed by atoms with Crippen LogP contribution in [0.3, 0.4) is 0 Å². The predicted octanol–water partition coefficient (Wildman–Crippen LogP) is 3.25. The van der Waals surface area contributed by atoms with E-state index in [1.54, 1.807) is 18.0 Å². The Hall–Kier alpha value is -1.57. The molecule has 2 nitrogen and oxygen atoms in total. The second kappa shape index (κ2) is 5.50. The molecule has 0 fully saturated rings. The van der Waals surface area contributed by atoms with Crippen LogP contribution in [0.15, 0.2) is 42.0 Å². The number of nitrogens with zero attached hydrogens (tertiary/aromatic N) is 1. The van der Waals surface area contributed by atoms with Crippen LogP contribution in [0.5, 0.6) is 0 Å². The van der Waals surface area contributed by atoms with Crippen LogP contribution in [0, 0.1) is 5.92 Å². The number of benzene rings is 1. The number of carbonyl (C=O) groups excluding carboxylic acids is 1. The van der Waals surface area contributed by atoms with E-state index in [9.17, 15) is 4.79 Å². The third-order valence-electron chi connectivity index (χ3n) is 2.74. The molecule has 1 aromatic rings. The Bertz CT molecular complexity index is 379. The molecule has 0 radical (unpaired) electrons. The lowest BCUT2D eigenvalue weighted by molar-refractivity contribution is -0.114. The molecule has 0 saturated carbocycles. The Morgan fingerprint density at radius 1 is 1.25 bits per heavy atom. The largest absolute Gasteiger partial charge is 0.312 e. The van der Waals surface area contributed by atoms with Gasteiger partial charge in [-0.1, -0.05) is 37.6 Å². The number of likely N-dealkylation sites (N-methyl/N-ethyl adjacent to an activating group) is 1. The zero-order chi connectivity index (χ0) is 12.1. The molecular formula is C14H19NO. The van der Waals surface area contributed by atoms with Crippen molar-refractivity contribution in [3.05, 3.63) is 42.0 Å². The van der Waals surface area contributed by atoms with E-state index >= 15 is 0 Å². The van der Waals surface area contributed by atoms with Crippen molar-refractivity contribution >= 4 is 11.6 Å². The van der Waals surface area contributed by atoms with Crippen molar-refractivity contribution in [3.8, 4) is 0 Å². The number of para-hydroxylation sites is 1. The molecule has 86 valence electrons. The average Bonchev–Trinajstić information content (AvgIpc) is 2.28. The molecule has 0 aromatic heterocycles. The molecule has 1 aromatic carbocycles. The number of hydrogen-bond donors (Lipinski definition) is 0. The van der Waals surface area contributed by atoms with Crippen LogP contribution in [-0.2, 0) is 4.79 Å². The monoisotopic (exact) mass is 217 g/mol. The molecule has 0 atom stereocenters. The quantitative estimate of drug-likeness (QED) is 0.712. The van der Waals surface area contributed by atoms with E-state index in [4.69, 9.17) is 0 Å². The highest BCUT2D eigenvalue weighted by molar-refractivity contribution is 6.01. The minimum absolute atomic E-state index is 0.0254. The third kappa shape index (κ3) is 3.23. The Morgan fingerprint density at radius 3 is 2.31 bits per heavy atom. The first-order valence-corrected chi connectivity index (χ1v) is 5.53. The minimum Gasteiger partial charge on any atom is -0.312 e. The van der Waals surface area contributed by atoms with Gasteiger partial charge in [-0.3, -0.25) is 4.79 Å². The van der Waals surface area contributed by atoms with Gasteiger partial charge in [0.2, 0.25) is 0 Å². The van der Waals surface area contributed by atoms with Crippen LogP contribution in [-0.4, -0.2) is 13.0 Å². The van der Waals surface area contributed by atoms with Crippen molar-refractivity contribution in [2.45, 2.75) is 20.8 Å². The Labute approximate surface area is 97.6 Å². The lowest BCUT2D eigenvalue weighted by atomic mass is 10.1. The van der Waals surface area contributed by atoms with E-state index in [0.717, 1.165) is 11.3 Å². The number of carbonyl (C=O) groups is 1. The van der Waals surface area contributed by atoms with Gasteiger partial charge >= 0.3 is 0 Å². The first kappa shape index (κ1) is 12.5. The minimum atomic E-state index is 0.0254. The van der Waals surface area contributed by atoms with Gasteiger partial charge in [-0.15, -0.1) is 0 Å². The molecule has 0 saturated heterocycles. The summed E-state index contributed by atoms with van der Waals surface area (Å²) in [5, 5.41) is 0. The highest BCUT2D eigenvalue weighted by Gasteiger charge is 2.08. The molecule has 0 unspecified atom stereocenters. The van der Waals surface area contributed by atoms with E-state index in [1.807, 2.05) is 37.3 Å². The highest BCUT2D eigenvalue weighted by Crippen LogP contribution is 2.13. The molecule has 0 spiro atoms. The maximum atomic E-state index is 11.9. The maximum Gasteiger partial charge on any atom is 0.250 e. The summed E-state index contributed by atoms with van der Waals surface area (Å²) in [6, 6.07) is 9.65. The summed E-state index contributed by atoms with van der Waals surface area (Å²) < 4.78 is 0. The highest BCUT2D eigenvalue weighted by atomic mass is 16.2. The lowest BCUT2D eigenvalue weighted by Crippen LogP contribution is -2.24. The fourth-order valence-electron chi connectivity index (χ4n) is 1.24. The smallest absolute Gasteiger partial charge is 0.250 e. The number of rotatable bonds is 3. The molecule has 0 heterocycles. The molecule has 2 heteroatoms. The Morgan fingerprint density at radius 2 is 1.81 bits per heavy atom. The van der Waals surface area contributed by atoms with Gasteiger partial charge < -0.3 is 4.90 Å². The molecule has 1 rings (SSSR count). The summed E-state index contributed by atoms with van der Waals surface area (Å²) in [7, 11) is 1.79. The molecule has 0 aliphatic carbocycles. The van der Waals surface area contributed by atoms with Gasteiger partial charge in [0.1, 0.15) is 0 Å². The second-order valence-corrected chi connectivity index (χ2v) is 4.28. The third-order valence-corrected chi connectivity index (χ3v) is 2.74. The van der Waals surface area contributed by atoms with Crippen molar-refractivity contribution in [1.29, 1.82) is 0 Å². The second-order valence-electron chi connectivity index (χ2n) is 4.28. The summed E-state index contributed by atoms with van der Waals surface area (Å²) in [6.07, 6.45) is 1.71. The maximum absolute atomic E-state index is 11.9. The molecule has 0 bridgehead atoms. The van der Waals surface area contributed by atoms with Gasteiger partial charge in [-0.05, 0) is 25.0 Å². The first-order chi connectivity index (χ1) is 7.52. The molecule has 16 heavy (non-hydrogen) atoms. The van der Waals surface area contributed by atoms with Crippen molar-refractivity contribution in [2.24, 2.45) is 5.92 Å². The average molecular weight is 217 g/mol. The number of allylic oxidation sites excluding steroid dienone is 1. The van der Waals surface area contributed by atoms with Crippen LogP contribution in [0.2, 0.25) is 0 Å². The molecule has 0 aliphatic heterocycles. The van der Waals surface area contributed by atoms with Crippen LogP contribution in [0.1, 0.15) is 20.8 Å². The summed E-state index contributed by atoms with van der Waals surface area (Å²) in [5.41, 5.74) is 2.02. The topological polar surface area (TPSA) is 20.3 Å². The van der Waals surface area contributed by atoms with E-state index in [-0.39, 0.29) is 5.91 Å². The van der Waals surface area contributed by atoms with Crippen molar-refractivity contribution in [2.75, 3.05) is 11.9 Å². The summed E-state index contributed by atoms with van der Waals surface area (Å²) in [4.78, 5) is 13.6. The standard InChI is InChI=1S/C14H19NO/c1-11(2)12(3)10-14(16)15(4)13-8-6-5-7-9-13/h5-11H,1-4H3/b12-10+.